The highest BCUT2D eigenvalue weighted by Gasteiger charge is 2.47. The fourth-order valence-corrected chi connectivity index (χ4v) is 2.86. The molecule has 5 atom stereocenters. The zero-order chi connectivity index (χ0) is 16.8. The lowest BCUT2D eigenvalue weighted by Crippen LogP contribution is -2.39. The van der Waals surface area contributed by atoms with Crippen molar-refractivity contribution in [2.75, 3.05) is 26.8 Å². The van der Waals surface area contributed by atoms with Gasteiger partial charge in [0.25, 0.3) is 0 Å². The number of hydrogen-bond acceptors (Lipinski definition) is 7. The molecule has 0 saturated heterocycles. The molecule has 2 rings (SSSR count). The molecular weight excluding hydrogens is 302 g/mol. The first kappa shape index (κ1) is 18.0. The third kappa shape index (κ3) is 4.55. The summed E-state index contributed by atoms with van der Waals surface area (Å²) in [6.45, 7) is 0.768. The Hall–Kier alpha value is -1.38. The van der Waals surface area contributed by atoms with E-state index in [9.17, 15) is 20.4 Å². The van der Waals surface area contributed by atoms with Gasteiger partial charge in [-0.15, -0.1) is 0 Å². The van der Waals surface area contributed by atoms with Gasteiger partial charge >= 0.3 is 0 Å². The van der Waals surface area contributed by atoms with E-state index in [1.54, 1.807) is 19.2 Å². The van der Waals surface area contributed by atoms with E-state index in [2.05, 4.69) is 5.32 Å². The minimum Gasteiger partial charge on any atom is -0.508 e. The van der Waals surface area contributed by atoms with Gasteiger partial charge < -0.3 is 35.2 Å². The van der Waals surface area contributed by atoms with Crippen LogP contribution in [-0.2, 0) is 4.74 Å². The summed E-state index contributed by atoms with van der Waals surface area (Å²) in [5.41, 5.74) is 0. The van der Waals surface area contributed by atoms with Crippen LogP contribution in [0.15, 0.2) is 24.3 Å². The van der Waals surface area contributed by atoms with E-state index in [0.29, 0.717) is 25.3 Å². The second-order valence-electron chi connectivity index (χ2n) is 5.77. The molecular formula is C16H25NO6. The normalized spacial score (nSPS) is 28.7. The van der Waals surface area contributed by atoms with Crippen molar-refractivity contribution in [1.82, 2.24) is 5.32 Å². The Morgan fingerprint density at radius 3 is 2.61 bits per heavy atom. The van der Waals surface area contributed by atoms with Crippen LogP contribution in [0.4, 0.5) is 0 Å². The maximum absolute atomic E-state index is 10.5. The highest BCUT2D eigenvalue weighted by Crippen LogP contribution is 2.37. The number of benzene rings is 1. The monoisotopic (exact) mass is 327 g/mol. The average molecular weight is 327 g/mol. The van der Waals surface area contributed by atoms with Crippen LogP contribution in [0.25, 0.3) is 0 Å². The molecule has 7 nitrogen and oxygen atoms in total. The molecule has 1 saturated carbocycles. The molecule has 0 heterocycles. The largest absolute Gasteiger partial charge is 0.508 e. The number of aromatic hydroxyl groups is 1. The highest BCUT2D eigenvalue weighted by atomic mass is 16.6. The number of aliphatic hydroxyl groups excluding tert-OH is 3. The van der Waals surface area contributed by atoms with Gasteiger partial charge in [0.2, 0.25) is 0 Å². The smallest absolute Gasteiger partial charge is 0.160 e. The fraction of sp³-hybridized carbons (Fsp3) is 0.625. The van der Waals surface area contributed by atoms with Crippen molar-refractivity contribution in [3.63, 3.8) is 0 Å². The topological polar surface area (TPSA) is 111 Å². The second-order valence-corrected chi connectivity index (χ2v) is 5.77. The Morgan fingerprint density at radius 1 is 1.30 bits per heavy atom. The molecule has 23 heavy (non-hydrogen) atoms. The van der Waals surface area contributed by atoms with Crippen molar-refractivity contribution in [1.29, 1.82) is 0 Å². The molecule has 1 aromatic carbocycles. The molecule has 5 unspecified atom stereocenters. The zero-order valence-corrected chi connectivity index (χ0v) is 13.1. The SMILES string of the molecule is CNCCOC(O)C1CC(CO)C(Oc2ccc(O)cc2)C1O. The van der Waals surface area contributed by atoms with Gasteiger partial charge in [0, 0.05) is 25.0 Å². The Balaban J connectivity index is 1.99. The number of aliphatic hydroxyl groups is 3. The van der Waals surface area contributed by atoms with Crippen LogP contribution in [0.5, 0.6) is 11.5 Å². The van der Waals surface area contributed by atoms with E-state index in [-0.39, 0.29) is 18.3 Å². The first-order valence-electron chi connectivity index (χ1n) is 7.75. The summed E-state index contributed by atoms with van der Waals surface area (Å²) < 4.78 is 11.1. The number of hydrogen-bond donors (Lipinski definition) is 5. The lowest BCUT2D eigenvalue weighted by Gasteiger charge is -2.25. The zero-order valence-electron chi connectivity index (χ0n) is 13.1. The van der Waals surface area contributed by atoms with Crippen molar-refractivity contribution in [3.8, 4) is 11.5 Å². The van der Waals surface area contributed by atoms with Gasteiger partial charge in [-0.2, -0.15) is 0 Å². The van der Waals surface area contributed by atoms with Gasteiger partial charge in [-0.3, -0.25) is 0 Å². The highest BCUT2D eigenvalue weighted by molar-refractivity contribution is 5.30. The fourth-order valence-electron chi connectivity index (χ4n) is 2.86. The van der Waals surface area contributed by atoms with E-state index in [1.807, 2.05) is 0 Å². The van der Waals surface area contributed by atoms with Crippen LogP contribution >= 0.6 is 0 Å². The van der Waals surface area contributed by atoms with Crippen LogP contribution in [0.1, 0.15) is 6.42 Å². The number of phenolic OH excluding ortho intramolecular Hbond substituents is 1. The molecule has 1 aliphatic carbocycles. The van der Waals surface area contributed by atoms with E-state index < -0.39 is 24.4 Å². The van der Waals surface area contributed by atoms with Gasteiger partial charge in [-0.25, -0.2) is 0 Å². The molecule has 0 aromatic heterocycles. The molecule has 0 amide bonds. The van der Waals surface area contributed by atoms with Crippen LogP contribution in [0.2, 0.25) is 0 Å². The molecule has 5 N–H and O–H groups in total. The Kier molecular flexibility index (Phi) is 6.61. The van der Waals surface area contributed by atoms with Crippen LogP contribution in [-0.4, -0.2) is 65.7 Å². The third-order valence-corrected chi connectivity index (χ3v) is 4.17. The standard InChI is InChI=1S/C16H25NO6/c1-17-6-7-22-16(21)13-8-10(9-18)15(14(13)20)23-12-4-2-11(19)3-5-12/h2-5,10,13-21H,6-9H2,1H3. The van der Waals surface area contributed by atoms with Gasteiger partial charge in [-0.1, -0.05) is 0 Å². The van der Waals surface area contributed by atoms with Crippen molar-refractivity contribution in [2.45, 2.75) is 24.9 Å². The van der Waals surface area contributed by atoms with Gasteiger partial charge in [0.15, 0.2) is 6.29 Å². The quantitative estimate of drug-likeness (QED) is 0.329. The number of phenols is 1. The molecule has 0 bridgehead atoms. The summed E-state index contributed by atoms with van der Waals surface area (Å²) in [6, 6.07) is 6.14. The summed E-state index contributed by atoms with van der Waals surface area (Å²) >= 11 is 0. The molecule has 7 heteroatoms. The lowest BCUT2D eigenvalue weighted by atomic mass is 10.0. The van der Waals surface area contributed by atoms with Crippen molar-refractivity contribution < 1.29 is 29.9 Å². The molecule has 0 aliphatic heterocycles. The van der Waals surface area contributed by atoms with Crippen LogP contribution in [0, 0.1) is 11.8 Å². The summed E-state index contributed by atoms with van der Waals surface area (Å²) in [6.07, 6.45) is -2.30. The van der Waals surface area contributed by atoms with E-state index >= 15 is 0 Å². The number of likely N-dealkylation sites (N-methyl/N-ethyl adjacent to an activating group) is 1. The molecule has 1 aliphatic rings. The van der Waals surface area contributed by atoms with Crippen LogP contribution in [0.3, 0.4) is 0 Å². The lowest BCUT2D eigenvalue weighted by molar-refractivity contribution is -0.155. The molecule has 0 radical (unpaired) electrons. The maximum Gasteiger partial charge on any atom is 0.160 e. The summed E-state index contributed by atoms with van der Waals surface area (Å²) in [4.78, 5) is 0. The van der Waals surface area contributed by atoms with Crippen LogP contribution < -0.4 is 10.1 Å². The predicted molar refractivity (Wildman–Crippen MR) is 83.1 cm³/mol. The Labute approximate surface area is 135 Å². The first-order valence-corrected chi connectivity index (χ1v) is 7.75. The average Bonchev–Trinajstić information content (AvgIpc) is 2.86. The van der Waals surface area contributed by atoms with Gasteiger partial charge in [0.05, 0.1) is 12.7 Å². The molecule has 1 fully saturated rings. The maximum atomic E-state index is 10.5. The second kappa shape index (κ2) is 8.47. The van der Waals surface area contributed by atoms with E-state index in [0.717, 1.165) is 0 Å². The molecule has 0 spiro atoms. The first-order chi connectivity index (χ1) is 11.1. The third-order valence-electron chi connectivity index (χ3n) is 4.17. The number of ether oxygens (including phenoxy) is 2. The van der Waals surface area contributed by atoms with Gasteiger partial charge in [0.1, 0.15) is 17.6 Å². The summed E-state index contributed by atoms with van der Waals surface area (Å²) in [7, 11) is 1.78. The Bertz CT molecular complexity index is 468. The van der Waals surface area contributed by atoms with Crippen molar-refractivity contribution in [3.05, 3.63) is 24.3 Å². The minimum atomic E-state index is -1.11. The Morgan fingerprint density at radius 2 is 2.00 bits per heavy atom. The van der Waals surface area contributed by atoms with Gasteiger partial charge in [-0.05, 0) is 37.7 Å². The predicted octanol–water partition coefficient (Wildman–Crippen LogP) is -0.317. The van der Waals surface area contributed by atoms with E-state index in [4.69, 9.17) is 9.47 Å². The van der Waals surface area contributed by atoms with E-state index in [1.165, 1.54) is 12.1 Å². The number of rotatable bonds is 8. The minimum absolute atomic E-state index is 0.120. The van der Waals surface area contributed by atoms with Crippen molar-refractivity contribution in [2.24, 2.45) is 11.8 Å². The van der Waals surface area contributed by atoms with Crippen molar-refractivity contribution >= 4 is 0 Å². The summed E-state index contributed by atoms with van der Waals surface area (Å²) in [5.74, 6) is -0.219. The molecule has 1 aromatic rings. The molecule has 130 valence electrons. The number of nitrogens with one attached hydrogen (secondary N) is 1. The summed E-state index contributed by atoms with van der Waals surface area (Å²) in [5, 5.41) is 42.3.